The SMILES string of the molecule is CC/C=C\CC/C=C/C=C\C=C\C(=O)CCOc1ccc(C)cc1. The van der Waals surface area contributed by atoms with E-state index in [1.165, 1.54) is 5.56 Å². The summed E-state index contributed by atoms with van der Waals surface area (Å²) >= 11 is 0. The number of benzene rings is 1. The second kappa shape index (κ2) is 13.1. The summed E-state index contributed by atoms with van der Waals surface area (Å²) in [7, 11) is 0. The van der Waals surface area contributed by atoms with Crippen LogP contribution in [0.15, 0.2) is 72.9 Å². The van der Waals surface area contributed by atoms with Gasteiger partial charge in [0.05, 0.1) is 6.61 Å². The van der Waals surface area contributed by atoms with E-state index in [1.54, 1.807) is 12.2 Å². The molecule has 1 aromatic rings. The van der Waals surface area contributed by atoms with E-state index in [-0.39, 0.29) is 5.78 Å². The zero-order valence-electron chi connectivity index (χ0n) is 14.8. The van der Waals surface area contributed by atoms with E-state index in [0.717, 1.165) is 25.0 Å². The number of ketones is 1. The van der Waals surface area contributed by atoms with Crippen molar-refractivity contribution < 1.29 is 9.53 Å². The molecule has 0 aliphatic rings. The van der Waals surface area contributed by atoms with E-state index < -0.39 is 0 Å². The first kappa shape index (κ1) is 19.7. The summed E-state index contributed by atoms with van der Waals surface area (Å²) in [6.45, 7) is 4.57. The number of unbranched alkanes of at least 4 members (excludes halogenated alkanes) is 1. The number of carbonyl (C=O) groups excluding carboxylic acids is 1. The Bertz CT molecular complexity index is 574. The second-order valence-electron chi connectivity index (χ2n) is 5.51. The van der Waals surface area contributed by atoms with Crippen molar-refractivity contribution in [3.63, 3.8) is 0 Å². The van der Waals surface area contributed by atoms with Gasteiger partial charge in [0.25, 0.3) is 0 Å². The molecule has 0 heterocycles. The number of hydrogen-bond acceptors (Lipinski definition) is 2. The highest BCUT2D eigenvalue weighted by Crippen LogP contribution is 2.11. The van der Waals surface area contributed by atoms with Gasteiger partial charge in [-0.1, -0.05) is 67.2 Å². The summed E-state index contributed by atoms with van der Waals surface area (Å²) in [6, 6.07) is 7.83. The summed E-state index contributed by atoms with van der Waals surface area (Å²) in [5.41, 5.74) is 1.19. The first-order chi connectivity index (χ1) is 11.7. The number of carbonyl (C=O) groups is 1. The molecular formula is C22H28O2. The molecule has 128 valence electrons. The van der Waals surface area contributed by atoms with E-state index in [4.69, 9.17) is 4.74 Å². The normalized spacial score (nSPS) is 12.1. The van der Waals surface area contributed by atoms with Crippen LogP contribution in [-0.2, 0) is 4.79 Å². The van der Waals surface area contributed by atoms with Gasteiger partial charge < -0.3 is 4.74 Å². The fraction of sp³-hybridized carbons (Fsp3) is 0.318. The average molecular weight is 324 g/mol. The largest absolute Gasteiger partial charge is 0.493 e. The van der Waals surface area contributed by atoms with Crippen molar-refractivity contribution in [3.8, 4) is 5.75 Å². The van der Waals surface area contributed by atoms with Crippen LogP contribution in [0.2, 0.25) is 0 Å². The molecule has 0 radical (unpaired) electrons. The number of hydrogen-bond donors (Lipinski definition) is 0. The van der Waals surface area contributed by atoms with Crippen molar-refractivity contribution in [2.45, 2.75) is 39.5 Å². The van der Waals surface area contributed by atoms with Gasteiger partial charge in [0.15, 0.2) is 5.78 Å². The molecule has 0 spiro atoms. The molecule has 0 fully saturated rings. The average Bonchev–Trinajstić information content (AvgIpc) is 2.58. The quantitative estimate of drug-likeness (QED) is 0.224. The Hall–Kier alpha value is -2.35. The van der Waals surface area contributed by atoms with Crippen molar-refractivity contribution in [1.29, 1.82) is 0 Å². The Kier molecular flexibility index (Phi) is 10.8. The van der Waals surface area contributed by atoms with E-state index in [9.17, 15) is 4.79 Å². The van der Waals surface area contributed by atoms with Crippen LogP contribution in [0.5, 0.6) is 5.75 Å². The molecular weight excluding hydrogens is 296 g/mol. The minimum absolute atomic E-state index is 0.0699. The Morgan fingerprint density at radius 3 is 2.42 bits per heavy atom. The molecule has 0 aliphatic carbocycles. The third-order valence-corrected chi connectivity index (χ3v) is 3.29. The highest BCUT2D eigenvalue weighted by molar-refractivity contribution is 5.89. The Balaban J connectivity index is 2.14. The summed E-state index contributed by atoms with van der Waals surface area (Å²) in [6.07, 6.45) is 19.3. The first-order valence-corrected chi connectivity index (χ1v) is 8.59. The van der Waals surface area contributed by atoms with Gasteiger partial charge in [-0.05, 0) is 44.4 Å². The lowest BCUT2D eigenvalue weighted by Gasteiger charge is -2.04. The molecule has 0 unspecified atom stereocenters. The third kappa shape index (κ3) is 10.4. The molecule has 0 aromatic heterocycles. The minimum Gasteiger partial charge on any atom is -0.493 e. The van der Waals surface area contributed by atoms with Gasteiger partial charge in [-0.15, -0.1) is 0 Å². The van der Waals surface area contributed by atoms with Gasteiger partial charge >= 0.3 is 0 Å². The third-order valence-electron chi connectivity index (χ3n) is 3.29. The standard InChI is InChI=1S/C22H28O2/c1-3-4-5-6-7-8-9-10-11-12-13-21(23)18-19-24-22-16-14-20(2)15-17-22/h4-5,8-17H,3,6-7,18-19H2,1-2H3/b5-4-,9-8+,11-10-,13-12+. The zero-order chi connectivity index (χ0) is 17.5. The molecule has 2 heteroatoms. The van der Waals surface area contributed by atoms with Crippen molar-refractivity contribution >= 4 is 5.78 Å². The van der Waals surface area contributed by atoms with Gasteiger partial charge in [-0.25, -0.2) is 0 Å². The molecule has 0 aliphatic heterocycles. The van der Waals surface area contributed by atoms with Crippen LogP contribution in [0.25, 0.3) is 0 Å². The molecule has 0 saturated heterocycles. The lowest BCUT2D eigenvalue weighted by molar-refractivity contribution is -0.115. The van der Waals surface area contributed by atoms with E-state index in [2.05, 4.69) is 25.2 Å². The van der Waals surface area contributed by atoms with E-state index in [1.807, 2.05) is 49.4 Å². The predicted octanol–water partition coefficient (Wildman–Crippen LogP) is 5.75. The first-order valence-electron chi connectivity index (χ1n) is 8.59. The van der Waals surface area contributed by atoms with Crippen LogP contribution >= 0.6 is 0 Å². The van der Waals surface area contributed by atoms with Crippen LogP contribution < -0.4 is 4.74 Å². The molecule has 2 nitrogen and oxygen atoms in total. The number of aryl methyl sites for hydroxylation is 1. The Morgan fingerprint density at radius 1 is 0.958 bits per heavy atom. The monoisotopic (exact) mass is 324 g/mol. The Labute approximate surface area is 146 Å². The van der Waals surface area contributed by atoms with Gasteiger partial charge in [0.1, 0.15) is 5.75 Å². The number of allylic oxidation sites excluding steroid dienone is 8. The summed E-state index contributed by atoms with van der Waals surface area (Å²) < 4.78 is 5.54. The van der Waals surface area contributed by atoms with Crippen molar-refractivity contribution in [2.24, 2.45) is 0 Å². The summed E-state index contributed by atoms with van der Waals surface area (Å²) in [4.78, 5) is 11.7. The van der Waals surface area contributed by atoms with Gasteiger partial charge in [0.2, 0.25) is 0 Å². The van der Waals surface area contributed by atoms with Crippen LogP contribution in [-0.4, -0.2) is 12.4 Å². The topological polar surface area (TPSA) is 26.3 Å². The van der Waals surface area contributed by atoms with Crippen LogP contribution in [0.3, 0.4) is 0 Å². The van der Waals surface area contributed by atoms with E-state index >= 15 is 0 Å². The molecule has 0 atom stereocenters. The van der Waals surface area contributed by atoms with Crippen LogP contribution in [0.4, 0.5) is 0 Å². The highest BCUT2D eigenvalue weighted by Gasteiger charge is 1.97. The van der Waals surface area contributed by atoms with Crippen LogP contribution in [0.1, 0.15) is 38.2 Å². The maximum Gasteiger partial charge on any atom is 0.159 e. The molecule has 0 bridgehead atoms. The molecule has 0 saturated carbocycles. The van der Waals surface area contributed by atoms with Gasteiger partial charge in [0, 0.05) is 6.42 Å². The smallest absolute Gasteiger partial charge is 0.159 e. The lowest BCUT2D eigenvalue weighted by atomic mass is 10.2. The summed E-state index contributed by atoms with van der Waals surface area (Å²) in [5, 5.41) is 0. The minimum atomic E-state index is 0.0699. The fourth-order valence-corrected chi connectivity index (χ4v) is 1.93. The van der Waals surface area contributed by atoms with E-state index in [0.29, 0.717) is 13.0 Å². The summed E-state index contributed by atoms with van der Waals surface area (Å²) in [5.74, 6) is 0.872. The fourth-order valence-electron chi connectivity index (χ4n) is 1.93. The maximum atomic E-state index is 11.7. The molecule has 0 amide bonds. The van der Waals surface area contributed by atoms with Crippen molar-refractivity contribution in [1.82, 2.24) is 0 Å². The molecule has 1 aromatic carbocycles. The molecule has 24 heavy (non-hydrogen) atoms. The van der Waals surface area contributed by atoms with Gasteiger partial charge in [-0.3, -0.25) is 4.79 Å². The molecule has 0 N–H and O–H groups in total. The zero-order valence-corrected chi connectivity index (χ0v) is 14.8. The van der Waals surface area contributed by atoms with Crippen molar-refractivity contribution in [2.75, 3.05) is 6.61 Å². The second-order valence-corrected chi connectivity index (χ2v) is 5.51. The lowest BCUT2D eigenvalue weighted by Crippen LogP contribution is -2.03. The maximum absolute atomic E-state index is 11.7. The highest BCUT2D eigenvalue weighted by atomic mass is 16.5. The molecule has 1 rings (SSSR count). The van der Waals surface area contributed by atoms with Crippen LogP contribution in [0, 0.1) is 6.92 Å². The number of ether oxygens (including phenoxy) is 1. The Morgan fingerprint density at radius 2 is 1.67 bits per heavy atom. The number of rotatable bonds is 11. The van der Waals surface area contributed by atoms with Crippen molar-refractivity contribution in [3.05, 3.63) is 78.4 Å². The van der Waals surface area contributed by atoms with Gasteiger partial charge in [-0.2, -0.15) is 0 Å². The predicted molar refractivity (Wildman–Crippen MR) is 102 cm³/mol.